The molecule has 0 atom stereocenters. The average molecular weight is 199 g/mol. The molecule has 0 aliphatic heterocycles. The van der Waals surface area contributed by atoms with Crippen LogP contribution in [0.5, 0.6) is 0 Å². The molecule has 0 saturated carbocycles. The van der Waals surface area contributed by atoms with Crippen molar-refractivity contribution >= 4 is 11.9 Å². The van der Waals surface area contributed by atoms with Crippen LogP contribution in [0.2, 0.25) is 0 Å². The minimum Gasteiger partial charge on any atom is -0.447 e. The summed E-state index contributed by atoms with van der Waals surface area (Å²) in [7, 11) is 0. The number of anilines is 1. The molecule has 3 N–H and O–H groups in total. The molecule has 0 fully saturated rings. The lowest BCUT2D eigenvalue weighted by atomic mass is 10.3. The highest BCUT2D eigenvalue weighted by molar-refractivity contribution is 5.84. The second kappa shape index (κ2) is 4.61. The van der Waals surface area contributed by atoms with E-state index in [0.717, 1.165) is 11.3 Å². The number of carbonyl (C=O) groups is 1. The molecule has 6 heteroatoms. The van der Waals surface area contributed by atoms with E-state index < -0.39 is 6.09 Å². The molecule has 0 radical (unpaired) electrons. The first-order valence-electron chi connectivity index (χ1n) is 4.21. The van der Waals surface area contributed by atoms with E-state index in [4.69, 9.17) is 5.11 Å². The van der Waals surface area contributed by atoms with Crippen LogP contribution in [0, 0.1) is 13.8 Å². The highest BCUT2D eigenvalue weighted by atomic mass is 16.6. The number of aryl methyl sites for hydroxylation is 1. The second-order valence-corrected chi connectivity index (χ2v) is 2.81. The molecule has 0 bridgehead atoms. The Morgan fingerprint density at radius 3 is 2.86 bits per heavy atom. The lowest BCUT2D eigenvalue weighted by Crippen LogP contribution is -2.16. The number of aromatic amines is 1. The van der Waals surface area contributed by atoms with E-state index in [-0.39, 0.29) is 13.2 Å². The lowest BCUT2D eigenvalue weighted by molar-refractivity contribution is 0.131. The molecule has 0 aliphatic carbocycles. The summed E-state index contributed by atoms with van der Waals surface area (Å²) in [6.45, 7) is 3.48. The fraction of sp³-hybridized carbons (Fsp3) is 0.500. The van der Waals surface area contributed by atoms with Crippen LogP contribution in [-0.2, 0) is 4.74 Å². The highest BCUT2D eigenvalue weighted by Gasteiger charge is 2.09. The van der Waals surface area contributed by atoms with E-state index >= 15 is 0 Å². The Hall–Kier alpha value is -1.56. The van der Waals surface area contributed by atoms with Crippen LogP contribution in [0.15, 0.2) is 0 Å². The van der Waals surface area contributed by atoms with Crippen molar-refractivity contribution in [2.45, 2.75) is 13.8 Å². The lowest BCUT2D eigenvalue weighted by Gasteiger charge is -2.03. The zero-order valence-corrected chi connectivity index (χ0v) is 8.13. The molecule has 1 amide bonds. The molecule has 1 aromatic heterocycles. The van der Waals surface area contributed by atoms with Gasteiger partial charge >= 0.3 is 6.09 Å². The molecule has 6 nitrogen and oxygen atoms in total. The number of aliphatic hydroxyl groups excluding tert-OH is 1. The minimum atomic E-state index is -0.617. The van der Waals surface area contributed by atoms with Gasteiger partial charge in [-0.3, -0.25) is 10.4 Å². The Balaban J connectivity index is 2.52. The Morgan fingerprint density at radius 1 is 1.64 bits per heavy atom. The smallest absolute Gasteiger partial charge is 0.412 e. The standard InChI is InChI=1S/C8H13N3O3/c1-5-6(2)10-11-7(5)9-8(13)14-4-3-12/h12H,3-4H2,1-2H3,(H2,9,10,11,13). The summed E-state index contributed by atoms with van der Waals surface area (Å²) in [4.78, 5) is 11.0. The van der Waals surface area contributed by atoms with Crippen molar-refractivity contribution in [3.63, 3.8) is 0 Å². The molecular formula is C8H13N3O3. The van der Waals surface area contributed by atoms with Gasteiger partial charge in [-0.15, -0.1) is 0 Å². The number of carbonyl (C=O) groups excluding carboxylic acids is 1. The summed E-state index contributed by atoms with van der Waals surface area (Å²) in [5.74, 6) is 0.449. The van der Waals surface area contributed by atoms with Gasteiger partial charge in [-0.1, -0.05) is 0 Å². The van der Waals surface area contributed by atoms with Crippen LogP contribution in [-0.4, -0.2) is 34.6 Å². The number of H-pyrrole nitrogens is 1. The van der Waals surface area contributed by atoms with Crippen molar-refractivity contribution in [1.82, 2.24) is 10.2 Å². The quantitative estimate of drug-likeness (QED) is 0.664. The number of ether oxygens (including phenoxy) is 1. The predicted octanol–water partition coefficient (Wildman–Crippen LogP) is 0.567. The van der Waals surface area contributed by atoms with E-state index in [1.807, 2.05) is 13.8 Å². The molecule has 0 unspecified atom stereocenters. The van der Waals surface area contributed by atoms with Crippen LogP contribution in [0.25, 0.3) is 0 Å². The topological polar surface area (TPSA) is 87.2 Å². The molecule has 0 saturated heterocycles. The van der Waals surface area contributed by atoms with Gasteiger partial charge in [0, 0.05) is 11.3 Å². The second-order valence-electron chi connectivity index (χ2n) is 2.81. The third-order valence-corrected chi connectivity index (χ3v) is 1.80. The summed E-state index contributed by atoms with van der Waals surface area (Å²) in [6, 6.07) is 0. The molecule has 78 valence electrons. The fourth-order valence-corrected chi connectivity index (χ4v) is 0.878. The molecule has 0 spiro atoms. The number of hydrogen-bond acceptors (Lipinski definition) is 4. The van der Waals surface area contributed by atoms with Crippen molar-refractivity contribution in [3.05, 3.63) is 11.3 Å². The van der Waals surface area contributed by atoms with Gasteiger partial charge in [0.05, 0.1) is 6.61 Å². The minimum absolute atomic E-state index is 0.0196. The van der Waals surface area contributed by atoms with Crippen molar-refractivity contribution in [3.8, 4) is 0 Å². The van der Waals surface area contributed by atoms with Gasteiger partial charge in [0.2, 0.25) is 0 Å². The number of nitrogens with one attached hydrogen (secondary N) is 2. The summed E-state index contributed by atoms with van der Waals surface area (Å²) < 4.78 is 4.61. The third-order valence-electron chi connectivity index (χ3n) is 1.80. The van der Waals surface area contributed by atoms with Crippen molar-refractivity contribution < 1.29 is 14.6 Å². The van der Waals surface area contributed by atoms with Crippen LogP contribution in [0.1, 0.15) is 11.3 Å². The summed E-state index contributed by atoms with van der Waals surface area (Å²) in [6.07, 6.45) is -0.617. The van der Waals surface area contributed by atoms with Gasteiger partial charge in [0.15, 0.2) is 5.82 Å². The summed E-state index contributed by atoms with van der Waals surface area (Å²) in [5.41, 5.74) is 1.76. The van der Waals surface area contributed by atoms with Crippen LogP contribution in [0.3, 0.4) is 0 Å². The number of aliphatic hydroxyl groups is 1. The van der Waals surface area contributed by atoms with Crippen LogP contribution < -0.4 is 5.32 Å². The zero-order chi connectivity index (χ0) is 10.6. The third kappa shape index (κ3) is 2.46. The van der Waals surface area contributed by atoms with E-state index in [1.165, 1.54) is 0 Å². The number of nitrogens with zero attached hydrogens (tertiary/aromatic N) is 1. The highest BCUT2D eigenvalue weighted by Crippen LogP contribution is 2.13. The van der Waals surface area contributed by atoms with E-state index in [2.05, 4.69) is 20.3 Å². The monoisotopic (exact) mass is 199 g/mol. The van der Waals surface area contributed by atoms with Gasteiger partial charge in [-0.05, 0) is 13.8 Å². The van der Waals surface area contributed by atoms with Crippen molar-refractivity contribution in [1.29, 1.82) is 0 Å². The molecular weight excluding hydrogens is 186 g/mol. The number of aromatic nitrogens is 2. The number of hydrogen-bond donors (Lipinski definition) is 3. The Morgan fingerprint density at radius 2 is 2.36 bits per heavy atom. The van der Waals surface area contributed by atoms with E-state index in [0.29, 0.717) is 5.82 Å². The average Bonchev–Trinajstić information content (AvgIpc) is 2.46. The molecule has 1 aromatic rings. The first kappa shape index (κ1) is 10.5. The van der Waals surface area contributed by atoms with Gasteiger partial charge in [-0.2, -0.15) is 5.10 Å². The van der Waals surface area contributed by atoms with Gasteiger partial charge in [0.25, 0.3) is 0 Å². The summed E-state index contributed by atoms with van der Waals surface area (Å²) >= 11 is 0. The first-order chi connectivity index (χ1) is 6.65. The zero-order valence-electron chi connectivity index (χ0n) is 8.13. The number of rotatable bonds is 3. The molecule has 0 aromatic carbocycles. The fourth-order valence-electron chi connectivity index (χ4n) is 0.878. The Bertz CT molecular complexity index is 322. The van der Waals surface area contributed by atoms with Crippen LogP contribution >= 0.6 is 0 Å². The van der Waals surface area contributed by atoms with Crippen molar-refractivity contribution in [2.75, 3.05) is 18.5 Å². The first-order valence-corrected chi connectivity index (χ1v) is 4.21. The van der Waals surface area contributed by atoms with E-state index in [9.17, 15) is 4.79 Å². The maximum absolute atomic E-state index is 11.0. The Labute approximate surface area is 81.3 Å². The SMILES string of the molecule is Cc1[nH]nc(NC(=O)OCCO)c1C. The Kier molecular flexibility index (Phi) is 3.47. The molecule has 0 aliphatic rings. The molecule has 1 rings (SSSR count). The van der Waals surface area contributed by atoms with Crippen molar-refractivity contribution in [2.24, 2.45) is 0 Å². The van der Waals surface area contributed by atoms with Gasteiger partial charge in [0.1, 0.15) is 6.61 Å². The van der Waals surface area contributed by atoms with Gasteiger partial charge < -0.3 is 9.84 Å². The predicted molar refractivity (Wildman–Crippen MR) is 50.1 cm³/mol. The number of amides is 1. The maximum Gasteiger partial charge on any atom is 0.412 e. The molecule has 1 heterocycles. The summed E-state index contributed by atoms with van der Waals surface area (Å²) in [5, 5.41) is 17.5. The maximum atomic E-state index is 11.0. The van der Waals surface area contributed by atoms with Crippen LogP contribution in [0.4, 0.5) is 10.6 Å². The molecule has 14 heavy (non-hydrogen) atoms. The largest absolute Gasteiger partial charge is 0.447 e. The van der Waals surface area contributed by atoms with Gasteiger partial charge in [-0.25, -0.2) is 4.79 Å². The van der Waals surface area contributed by atoms with E-state index in [1.54, 1.807) is 0 Å². The normalized spacial score (nSPS) is 9.93.